The lowest BCUT2D eigenvalue weighted by Crippen LogP contribution is -2.38. The normalized spacial score (nSPS) is 24.3. The highest BCUT2D eigenvalue weighted by Gasteiger charge is 2.53. The summed E-state index contributed by atoms with van der Waals surface area (Å²) in [6.45, 7) is 4.43. The van der Waals surface area contributed by atoms with E-state index in [2.05, 4.69) is 9.97 Å². The van der Waals surface area contributed by atoms with Gasteiger partial charge in [-0.15, -0.1) is 0 Å². The van der Waals surface area contributed by atoms with Gasteiger partial charge in [0.15, 0.2) is 6.39 Å². The zero-order valence-corrected chi connectivity index (χ0v) is 14.3. The first-order valence-electron chi connectivity index (χ1n) is 8.37. The number of fused-ring (bicyclic) bond motifs is 1. The molecule has 0 unspecified atom stereocenters. The molecule has 2 saturated heterocycles. The number of amides is 1. The number of nitrogens with zero attached hydrogens (tertiary/aromatic N) is 4. The van der Waals surface area contributed by atoms with Crippen molar-refractivity contribution in [2.45, 2.75) is 6.92 Å². The fourth-order valence-corrected chi connectivity index (χ4v) is 3.59. The van der Waals surface area contributed by atoms with Crippen LogP contribution in [-0.2, 0) is 4.74 Å². The first kappa shape index (κ1) is 16.5. The van der Waals surface area contributed by atoms with E-state index in [1.807, 2.05) is 6.07 Å². The van der Waals surface area contributed by atoms with Gasteiger partial charge in [0, 0.05) is 31.3 Å². The average Bonchev–Trinajstić information content (AvgIpc) is 3.33. The van der Waals surface area contributed by atoms with Crippen LogP contribution in [0, 0.1) is 29.6 Å². The quantitative estimate of drug-likeness (QED) is 0.818. The number of hydrogen-bond donors (Lipinski definition) is 0. The first-order chi connectivity index (χ1) is 12.6. The van der Waals surface area contributed by atoms with Crippen molar-refractivity contribution in [3.05, 3.63) is 41.7 Å². The van der Waals surface area contributed by atoms with Crippen LogP contribution in [0.1, 0.15) is 21.8 Å². The Kier molecular flexibility index (Phi) is 4.09. The summed E-state index contributed by atoms with van der Waals surface area (Å²) in [6.07, 6.45) is 2.77. The molecule has 26 heavy (non-hydrogen) atoms. The van der Waals surface area contributed by atoms with E-state index >= 15 is 0 Å². The molecule has 0 aromatic carbocycles. The van der Waals surface area contributed by atoms with Crippen molar-refractivity contribution >= 4 is 5.91 Å². The molecule has 0 bridgehead atoms. The van der Waals surface area contributed by atoms with E-state index < -0.39 is 0 Å². The monoisotopic (exact) mass is 354 g/mol. The molecule has 0 saturated carbocycles. The highest BCUT2D eigenvalue weighted by atomic mass is 16.5. The molecule has 8 nitrogen and oxygen atoms in total. The number of likely N-dealkylation sites (tertiary alicyclic amines) is 1. The molecular formula is C18H18N4O4. The molecule has 1 amide bonds. The third-order valence-electron chi connectivity index (χ3n) is 5.12. The second-order valence-corrected chi connectivity index (χ2v) is 6.81. The van der Waals surface area contributed by atoms with Crippen LogP contribution < -0.4 is 4.74 Å². The fraction of sp³-hybridized carbons (Fsp3) is 0.444. The summed E-state index contributed by atoms with van der Waals surface area (Å²) in [5.74, 6) is 0.800. The van der Waals surface area contributed by atoms with Crippen molar-refractivity contribution in [3.63, 3.8) is 0 Å². The third-order valence-corrected chi connectivity index (χ3v) is 5.12. The highest BCUT2D eigenvalue weighted by molar-refractivity contribution is 5.92. The fourth-order valence-electron chi connectivity index (χ4n) is 3.59. The molecule has 2 aromatic rings. The molecule has 4 rings (SSSR count). The number of carbonyl (C=O) groups is 1. The molecule has 2 aliphatic heterocycles. The molecular weight excluding hydrogens is 336 g/mol. The number of aromatic nitrogens is 2. The molecule has 2 atom stereocenters. The summed E-state index contributed by atoms with van der Waals surface area (Å²) in [5.41, 5.74) is 0.812. The van der Waals surface area contributed by atoms with Gasteiger partial charge in [-0.05, 0) is 13.0 Å². The van der Waals surface area contributed by atoms with Gasteiger partial charge in [-0.25, -0.2) is 9.97 Å². The number of pyridine rings is 1. The summed E-state index contributed by atoms with van der Waals surface area (Å²) in [6, 6.07) is 5.37. The highest BCUT2D eigenvalue weighted by Crippen LogP contribution is 2.42. The molecule has 0 N–H and O–H groups in total. The van der Waals surface area contributed by atoms with Gasteiger partial charge in [-0.3, -0.25) is 4.79 Å². The molecule has 2 aromatic heterocycles. The molecule has 0 aliphatic carbocycles. The number of ether oxygens (including phenoxy) is 2. The Morgan fingerprint density at radius 3 is 3.08 bits per heavy atom. The Balaban J connectivity index is 1.47. The van der Waals surface area contributed by atoms with Crippen LogP contribution in [0.4, 0.5) is 0 Å². The predicted molar refractivity (Wildman–Crippen MR) is 88.3 cm³/mol. The minimum absolute atomic E-state index is 0.148. The van der Waals surface area contributed by atoms with Crippen molar-refractivity contribution in [1.82, 2.24) is 14.9 Å². The number of nitriles is 1. The van der Waals surface area contributed by atoms with E-state index in [0.717, 1.165) is 0 Å². The molecule has 0 radical (unpaired) electrons. The zero-order valence-electron chi connectivity index (χ0n) is 14.3. The van der Waals surface area contributed by atoms with Crippen molar-refractivity contribution in [2.24, 2.45) is 11.3 Å². The van der Waals surface area contributed by atoms with Gasteiger partial charge < -0.3 is 18.8 Å². The Bertz CT molecular complexity index is 857. The number of oxazole rings is 1. The van der Waals surface area contributed by atoms with E-state index in [9.17, 15) is 4.79 Å². The topological polar surface area (TPSA) is 101 Å². The van der Waals surface area contributed by atoms with E-state index in [0.29, 0.717) is 50.0 Å². The Morgan fingerprint density at radius 2 is 2.38 bits per heavy atom. The van der Waals surface area contributed by atoms with E-state index in [-0.39, 0.29) is 23.0 Å². The lowest BCUT2D eigenvalue weighted by molar-refractivity contribution is 0.0629. The van der Waals surface area contributed by atoms with Gasteiger partial charge in [-0.2, -0.15) is 5.26 Å². The van der Waals surface area contributed by atoms with Crippen LogP contribution in [0.25, 0.3) is 0 Å². The van der Waals surface area contributed by atoms with Crippen molar-refractivity contribution < 1.29 is 18.7 Å². The van der Waals surface area contributed by atoms with E-state index in [4.69, 9.17) is 19.2 Å². The van der Waals surface area contributed by atoms with Crippen LogP contribution in [0.2, 0.25) is 0 Å². The Morgan fingerprint density at radius 1 is 1.50 bits per heavy atom. The van der Waals surface area contributed by atoms with Crippen LogP contribution >= 0.6 is 0 Å². The van der Waals surface area contributed by atoms with Crippen molar-refractivity contribution in [1.29, 1.82) is 5.26 Å². The Hall–Kier alpha value is -2.92. The largest absolute Gasteiger partial charge is 0.477 e. The second-order valence-electron chi connectivity index (χ2n) is 6.81. The lowest BCUT2D eigenvalue weighted by atomic mass is 9.82. The summed E-state index contributed by atoms with van der Waals surface area (Å²) in [7, 11) is 0. The van der Waals surface area contributed by atoms with Crippen LogP contribution in [0.3, 0.4) is 0 Å². The summed E-state index contributed by atoms with van der Waals surface area (Å²) in [4.78, 5) is 22.6. The van der Waals surface area contributed by atoms with Crippen molar-refractivity contribution in [3.8, 4) is 11.9 Å². The molecule has 0 spiro atoms. The predicted octanol–water partition coefficient (Wildman–Crippen LogP) is 1.42. The summed E-state index contributed by atoms with van der Waals surface area (Å²) in [5, 5.41) is 8.84. The van der Waals surface area contributed by atoms with Crippen LogP contribution in [-0.4, -0.2) is 53.7 Å². The Labute approximate surface area is 150 Å². The first-order valence-corrected chi connectivity index (χ1v) is 8.37. The second kappa shape index (κ2) is 6.42. The number of hydrogen-bond acceptors (Lipinski definition) is 7. The number of aryl methyl sites for hydroxylation is 1. The molecule has 4 heterocycles. The summed E-state index contributed by atoms with van der Waals surface area (Å²) >= 11 is 0. The lowest BCUT2D eigenvalue weighted by Gasteiger charge is -2.26. The number of carbonyl (C=O) groups excluding carboxylic acids is 1. The zero-order chi connectivity index (χ0) is 18.1. The van der Waals surface area contributed by atoms with E-state index in [1.54, 1.807) is 24.0 Å². The SMILES string of the molecule is Cc1ncoc1C(=O)N1C[C@@H]2COC[C@]2(COc2ccc(C#N)cn2)C1. The maximum atomic E-state index is 12.7. The van der Waals surface area contributed by atoms with Gasteiger partial charge in [0.05, 0.1) is 36.5 Å². The molecule has 2 fully saturated rings. The van der Waals surface area contributed by atoms with Crippen LogP contribution in [0.5, 0.6) is 5.88 Å². The minimum atomic E-state index is -0.265. The van der Waals surface area contributed by atoms with Crippen molar-refractivity contribution in [2.75, 3.05) is 32.9 Å². The standard InChI is InChI=1S/C18H18N4O4/c1-12-16(26-11-21-12)17(23)22-6-14-7-24-9-18(14,8-22)10-25-15-3-2-13(4-19)5-20-15/h2-3,5,11,14H,6-10H2,1H3/t14-,18+/m1/s1. The van der Waals surface area contributed by atoms with Gasteiger partial charge in [0.2, 0.25) is 11.6 Å². The van der Waals surface area contributed by atoms with Gasteiger partial charge in [0.25, 0.3) is 5.91 Å². The third kappa shape index (κ3) is 2.80. The summed E-state index contributed by atoms with van der Waals surface area (Å²) < 4.78 is 16.8. The molecule has 2 aliphatic rings. The van der Waals surface area contributed by atoms with Gasteiger partial charge >= 0.3 is 0 Å². The van der Waals surface area contributed by atoms with Gasteiger partial charge in [-0.1, -0.05) is 0 Å². The smallest absolute Gasteiger partial charge is 0.291 e. The minimum Gasteiger partial charge on any atom is -0.477 e. The van der Waals surface area contributed by atoms with E-state index in [1.165, 1.54) is 12.6 Å². The average molecular weight is 354 g/mol. The number of rotatable bonds is 4. The maximum Gasteiger partial charge on any atom is 0.291 e. The molecule has 134 valence electrons. The van der Waals surface area contributed by atoms with Crippen LogP contribution in [0.15, 0.2) is 29.1 Å². The molecule has 8 heteroatoms. The maximum absolute atomic E-state index is 12.7. The van der Waals surface area contributed by atoms with Gasteiger partial charge in [0.1, 0.15) is 6.07 Å².